The lowest BCUT2D eigenvalue weighted by Gasteiger charge is -2.26. The summed E-state index contributed by atoms with van der Waals surface area (Å²) in [5.41, 5.74) is 0.686. The molecule has 1 aromatic rings. The normalized spacial score (nSPS) is 16.3. The van der Waals surface area contributed by atoms with E-state index in [0.717, 1.165) is 32.2 Å². The van der Waals surface area contributed by atoms with Crippen molar-refractivity contribution in [2.75, 3.05) is 11.9 Å². The lowest BCUT2D eigenvalue weighted by molar-refractivity contribution is 0.383. The summed E-state index contributed by atoms with van der Waals surface area (Å²) in [5, 5.41) is 3.16. The van der Waals surface area contributed by atoms with Crippen molar-refractivity contribution in [1.82, 2.24) is 4.72 Å². The van der Waals surface area contributed by atoms with Crippen molar-refractivity contribution >= 4 is 15.7 Å². The Morgan fingerprint density at radius 3 is 2.61 bits per heavy atom. The molecule has 0 aliphatic heterocycles. The molecule has 4 nitrogen and oxygen atoms in total. The SMILES string of the molecule is CCCNc1ccccc1S(=O)(=O)NC1CCC1. The molecule has 100 valence electrons. The average molecular weight is 268 g/mol. The van der Waals surface area contributed by atoms with Crippen LogP contribution >= 0.6 is 0 Å². The minimum absolute atomic E-state index is 0.120. The fraction of sp³-hybridized carbons (Fsp3) is 0.538. The Bertz CT molecular complexity index is 495. The Hall–Kier alpha value is -1.07. The van der Waals surface area contributed by atoms with Crippen molar-refractivity contribution in [1.29, 1.82) is 0 Å². The average Bonchev–Trinajstić information content (AvgIpc) is 2.32. The number of benzene rings is 1. The summed E-state index contributed by atoms with van der Waals surface area (Å²) in [6.07, 6.45) is 3.97. The third-order valence-corrected chi connectivity index (χ3v) is 4.75. The van der Waals surface area contributed by atoms with Crippen LogP contribution in [0.4, 0.5) is 5.69 Å². The molecule has 1 aromatic carbocycles. The Labute approximate surface area is 109 Å². The zero-order valence-electron chi connectivity index (χ0n) is 10.6. The van der Waals surface area contributed by atoms with Crippen LogP contribution in [0, 0.1) is 0 Å². The molecule has 1 saturated carbocycles. The monoisotopic (exact) mass is 268 g/mol. The summed E-state index contributed by atoms with van der Waals surface area (Å²) < 4.78 is 27.3. The van der Waals surface area contributed by atoms with Gasteiger partial charge in [-0.05, 0) is 31.4 Å². The van der Waals surface area contributed by atoms with Crippen LogP contribution in [0.2, 0.25) is 0 Å². The third kappa shape index (κ3) is 3.03. The Kier molecular flexibility index (Phi) is 4.24. The van der Waals surface area contributed by atoms with Gasteiger partial charge in [0.25, 0.3) is 0 Å². The number of para-hydroxylation sites is 1. The first kappa shape index (κ1) is 13.4. The first-order valence-electron chi connectivity index (χ1n) is 6.48. The van der Waals surface area contributed by atoms with Crippen LogP contribution < -0.4 is 10.0 Å². The number of hydrogen-bond donors (Lipinski definition) is 2. The van der Waals surface area contributed by atoms with Crippen molar-refractivity contribution in [2.24, 2.45) is 0 Å². The topological polar surface area (TPSA) is 58.2 Å². The van der Waals surface area contributed by atoms with Gasteiger partial charge >= 0.3 is 0 Å². The summed E-state index contributed by atoms with van der Waals surface area (Å²) in [7, 11) is -3.39. The standard InChI is InChI=1S/C13H20N2O2S/c1-2-10-14-12-8-3-4-9-13(12)18(16,17)15-11-6-5-7-11/h3-4,8-9,11,14-15H,2,5-7,10H2,1H3. The van der Waals surface area contributed by atoms with Gasteiger partial charge in [0, 0.05) is 12.6 Å². The molecule has 0 radical (unpaired) electrons. The van der Waals surface area contributed by atoms with E-state index in [2.05, 4.69) is 17.0 Å². The largest absolute Gasteiger partial charge is 0.384 e. The number of nitrogens with one attached hydrogen (secondary N) is 2. The zero-order valence-corrected chi connectivity index (χ0v) is 11.5. The fourth-order valence-corrected chi connectivity index (χ4v) is 3.40. The van der Waals surface area contributed by atoms with E-state index < -0.39 is 10.0 Å². The van der Waals surface area contributed by atoms with Gasteiger partial charge in [-0.15, -0.1) is 0 Å². The molecule has 0 bridgehead atoms. The fourth-order valence-electron chi connectivity index (χ4n) is 1.92. The van der Waals surface area contributed by atoms with Gasteiger partial charge < -0.3 is 5.32 Å². The second kappa shape index (κ2) is 5.71. The molecule has 0 heterocycles. The molecule has 0 spiro atoms. The predicted octanol–water partition coefficient (Wildman–Crippen LogP) is 2.34. The molecule has 5 heteroatoms. The summed E-state index contributed by atoms with van der Waals surface area (Å²) in [6, 6.07) is 7.19. The smallest absolute Gasteiger partial charge is 0.242 e. The number of anilines is 1. The molecule has 1 fully saturated rings. The highest BCUT2D eigenvalue weighted by atomic mass is 32.2. The van der Waals surface area contributed by atoms with Gasteiger partial charge in [0.05, 0.1) is 5.69 Å². The first-order valence-corrected chi connectivity index (χ1v) is 7.97. The lowest BCUT2D eigenvalue weighted by Crippen LogP contribution is -2.39. The molecule has 0 unspecified atom stereocenters. The molecule has 1 aliphatic carbocycles. The van der Waals surface area contributed by atoms with Crippen LogP contribution in [0.5, 0.6) is 0 Å². The number of rotatable bonds is 6. The molecule has 18 heavy (non-hydrogen) atoms. The summed E-state index contributed by atoms with van der Waals surface area (Å²) in [6.45, 7) is 2.83. The van der Waals surface area contributed by atoms with E-state index in [1.807, 2.05) is 12.1 Å². The van der Waals surface area contributed by atoms with Crippen LogP contribution in [0.3, 0.4) is 0 Å². The molecule has 0 amide bonds. The Morgan fingerprint density at radius 1 is 1.28 bits per heavy atom. The molecular formula is C13H20N2O2S. The summed E-state index contributed by atoms with van der Waals surface area (Å²) in [4.78, 5) is 0.352. The highest BCUT2D eigenvalue weighted by molar-refractivity contribution is 7.89. The van der Waals surface area contributed by atoms with Crippen LogP contribution in [0.15, 0.2) is 29.2 Å². The van der Waals surface area contributed by atoms with Crippen LogP contribution in [-0.2, 0) is 10.0 Å². The lowest BCUT2D eigenvalue weighted by atomic mass is 9.94. The van der Waals surface area contributed by atoms with Gasteiger partial charge in [-0.3, -0.25) is 0 Å². The molecule has 2 rings (SSSR count). The molecular weight excluding hydrogens is 248 g/mol. The third-order valence-electron chi connectivity index (χ3n) is 3.17. The second-order valence-corrected chi connectivity index (χ2v) is 6.35. The predicted molar refractivity (Wildman–Crippen MR) is 73.2 cm³/mol. The van der Waals surface area contributed by atoms with E-state index in [9.17, 15) is 8.42 Å². The van der Waals surface area contributed by atoms with Crippen molar-refractivity contribution < 1.29 is 8.42 Å². The van der Waals surface area contributed by atoms with E-state index in [1.165, 1.54) is 0 Å². The minimum Gasteiger partial charge on any atom is -0.384 e. The summed E-state index contributed by atoms with van der Waals surface area (Å²) in [5.74, 6) is 0. The number of hydrogen-bond acceptors (Lipinski definition) is 3. The summed E-state index contributed by atoms with van der Waals surface area (Å²) >= 11 is 0. The molecule has 2 N–H and O–H groups in total. The van der Waals surface area contributed by atoms with Crippen molar-refractivity contribution in [3.05, 3.63) is 24.3 Å². The molecule has 0 aromatic heterocycles. The van der Waals surface area contributed by atoms with Crippen LogP contribution in [0.1, 0.15) is 32.6 Å². The maximum Gasteiger partial charge on any atom is 0.242 e. The maximum absolute atomic E-state index is 12.3. The minimum atomic E-state index is -3.39. The number of sulfonamides is 1. The van der Waals surface area contributed by atoms with Crippen molar-refractivity contribution in [3.8, 4) is 0 Å². The van der Waals surface area contributed by atoms with Gasteiger partial charge in [-0.2, -0.15) is 0 Å². The van der Waals surface area contributed by atoms with Gasteiger partial charge in [-0.25, -0.2) is 13.1 Å². The quantitative estimate of drug-likeness (QED) is 0.832. The Morgan fingerprint density at radius 2 is 2.00 bits per heavy atom. The second-order valence-electron chi connectivity index (χ2n) is 4.67. The van der Waals surface area contributed by atoms with E-state index in [4.69, 9.17) is 0 Å². The van der Waals surface area contributed by atoms with Crippen LogP contribution in [0.25, 0.3) is 0 Å². The van der Waals surface area contributed by atoms with Gasteiger partial charge in [-0.1, -0.05) is 25.5 Å². The van der Waals surface area contributed by atoms with E-state index in [1.54, 1.807) is 12.1 Å². The highest BCUT2D eigenvalue weighted by Crippen LogP contribution is 2.24. The zero-order chi connectivity index (χ0) is 13.0. The van der Waals surface area contributed by atoms with E-state index >= 15 is 0 Å². The Balaban J connectivity index is 2.19. The first-order chi connectivity index (χ1) is 8.63. The van der Waals surface area contributed by atoms with E-state index in [-0.39, 0.29) is 6.04 Å². The van der Waals surface area contributed by atoms with Crippen LogP contribution in [-0.4, -0.2) is 21.0 Å². The molecule has 0 atom stereocenters. The van der Waals surface area contributed by atoms with Gasteiger partial charge in [0.1, 0.15) is 4.90 Å². The molecule has 0 saturated heterocycles. The van der Waals surface area contributed by atoms with E-state index in [0.29, 0.717) is 10.6 Å². The van der Waals surface area contributed by atoms with Gasteiger partial charge in [0.2, 0.25) is 10.0 Å². The van der Waals surface area contributed by atoms with Gasteiger partial charge in [0.15, 0.2) is 0 Å². The molecule has 1 aliphatic rings. The van der Waals surface area contributed by atoms with Crippen molar-refractivity contribution in [2.45, 2.75) is 43.5 Å². The highest BCUT2D eigenvalue weighted by Gasteiger charge is 2.26. The van der Waals surface area contributed by atoms with Crippen molar-refractivity contribution in [3.63, 3.8) is 0 Å². The maximum atomic E-state index is 12.3.